The van der Waals surface area contributed by atoms with Crippen LogP contribution >= 0.6 is 11.3 Å². The Balaban J connectivity index is 2.38. The number of carbonyl (C=O) groups is 3. The molecular formula is C19H22F2N4O7S. The van der Waals surface area contributed by atoms with Gasteiger partial charge in [0.1, 0.15) is 22.1 Å². The fourth-order valence-corrected chi connectivity index (χ4v) is 4.00. The van der Waals surface area contributed by atoms with Crippen LogP contribution in [-0.2, 0) is 20.8 Å². The molecule has 2 rings (SSSR count). The molecule has 180 valence electrons. The summed E-state index contributed by atoms with van der Waals surface area (Å²) in [6, 6.07) is 0. The summed E-state index contributed by atoms with van der Waals surface area (Å²) in [5, 5.41) is 17.0. The summed E-state index contributed by atoms with van der Waals surface area (Å²) < 4.78 is 37.1. The summed E-state index contributed by atoms with van der Waals surface area (Å²) >= 11 is 0.792. The van der Waals surface area contributed by atoms with Gasteiger partial charge in [0.25, 0.3) is 6.43 Å². The van der Waals surface area contributed by atoms with E-state index in [9.17, 15) is 33.3 Å². The minimum Gasteiger partial charge on any atom is -0.462 e. The maximum absolute atomic E-state index is 13.1. The number of anilines is 1. The predicted octanol–water partition coefficient (Wildman–Crippen LogP) is 3.79. The number of nitrogens with one attached hydrogen (secondary N) is 1. The Kier molecular flexibility index (Phi) is 8.56. The van der Waals surface area contributed by atoms with Gasteiger partial charge in [-0.3, -0.25) is 19.6 Å². The first-order chi connectivity index (χ1) is 15.5. The van der Waals surface area contributed by atoms with Gasteiger partial charge in [-0.25, -0.2) is 18.4 Å². The molecule has 0 atom stereocenters. The van der Waals surface area contributed by atoms with Gasteiger partial charge in [0, 0.05) is 0 Å². The molecule has 0 saturated heterocycles. The molecule has 0 spiro atoms. The van der Waals surface area contributed by atoms with Gasteiger partial charge in [-0.05, 0) is 32.8 Å². The summed E-state index contributed by atoms with van der Waals surface area (Å²) in [6.07, 6.45) is -2.66. The number of esters is 2. The molecule has 0 saturated carbocycles. The van der Waals surface area contributed by atoms with Gasteiger partial charge < -0.3 is 14.8 Å². The summed E-state index contributed by atoms with van der Waals surface area (Å²) in [5.41, 5.74) is -1.95. The number of hydrogen-bond acceptors (Lipinski definition) is 9. The molecule has 0 aliphatic rings. The van der Waals surface area contributed by atoms with Crippen LogP contribution in [0.4, 0.5) is 19.5 Å². The van der Waals surface area contributed by atoms with Gasteiger partial charge in [0.2, 0.25) is 11.6 Å². The van der Waals surface area contributed by atoms with Gasteiger partial charge in [-0.15, -0.1) is 11.3 Å². The van der Waals surface area contributed by atoms with Crippen LogP contribution in [0.2, 0.25) is 0 Å². The number of alkyl halides is 2. The molecule has 0 aliphatic carbocycles. The number of nitrogens with zero attached hydrogens (tertiary/aromatic N) is 3. The highest BCUT2D eigenvalue weighted by Crippen LogP contribution is 2.35. The number of ether oxygens (including phenoxy) is 2. The standard InChI is InChI=1S/C19H22F2N4O7S/c1-5-7-32-18(27)12-9(3)15(19(28)31-6-2)33-17(12)22-11(26)8-24-10(4)14(25(29)30)13(23-24)16(20)21/h16H,5-8H2,1-4H3,(H,22,26). The Morgan fingerprint density at radius 3 is 2.39 bits per heavy atom. The SMILES string of the molecule is CCCOC(=O)c1c(NC(=O)Cn2nc(C(F)F)c([N+](=O)[O-])c2C)sc(C(=O)OCC)c1C. The molecule has 2 aromatic heterocycles. The zero-order valence-corrected chi connectivity index (χ0v) is 19.1. The second-order valence-electron chi connectivity index (χ2n) is 6.70. The number of carbonyl (C=O) groups excluding carboxylic acids is 3. The summed E-state index contributed by atoms with van der Waals surface area (Å²) in [6.45, 7) is 5.65. The van der Waals surface area contributed by atoms with Crippen molar-refractivity contribution >= 4 is 39.9 Å². The zero-order chi connectivity index (χ0) is 24.9. The van der Waals surface area contributed by atoms with Crippen LogP contribution in [0.15, 0.2) is 0 Å². The average molecular weight is 488 g/mol. The minimum absolute atomic E-state index is 0.00459. The predicted molar refractivity (Wildman–Crippen MR) is 113 cm³/mol. The van der Waals surface area contributed by atoms with Gasteiger partial charge >= 0.3 is 17.6 Å². The molecule has 0 fully saturated rings. The first-order valence-corrected chi connectivity index (χ1v) is 10.6. The minimum atomic E-state index is -3.21. The quantitative estimate of drug-likeness (QED) is 0.302. The van der Waals surface area contributed by atoms with Crippen molar-refractivity contribution in [3.8, 4) is 0 Å². The lowest BCUT2D eigenvalue weighted by Gasteiger charge is -2.08. The fourth-order valence-electron chi connectivity index (χ4n) is 2.89. The first-order valence-electron chi connectivity index (χ1n) is 9.80. The van der Waals surface area contributed by atoms with E-state index in [1.165, 1.54) is 13.8 Å². The van der Waals surface area contributed by atoms with Crippen molar-refractivity contribution in [2.45, 2.75) is 47.1 Å². The van der Waals surface area contributed by atoms with Crippen molar-refractivity contribution in [3.63, 3.8) is 0 Å². The monoisotopic (exact) mass is 488 g/mol. The van der Waals surface area contributed by atoms with E-state index in [-0.39, 0.29) is 39.9 Å². The molecule has 0 unspecified atom stereocenters. The molecule has 33 heavy (non-hydrogen) atoms. The smallest absolute Gasteiger partial charge is 0.348 e. The number of aromatic nitrogens is 2. The number of halogens is 2. The number of hydrogen-bond donors (Lipinski definition) is 1. The highest BCUT2D eigenvalue weighted by atomic mass is 32.1. The zero-order valence-electron chi connectivity index (χ0n) is 18.3. The third-order valence-electron chi connectivity index (χ3n) is 4.39. The Labute approximate surface area is 190 Å². The summed E-state index contributed by atoms with van der Waals surface area (Å²) in [5.74, 6) is -2.26. The largest absolute Gasteiger partial charge is 0.462 e. The maximum atomic E-state index is 13.1. The van der Waals surface area contributed by atoms with Crippen LogP contribution in [-0.4, -0.2) is 45.8 Å². The van der Waals surface area contributed by atoms with Gasteiger partial charge in [0.15, 0.2) is 0 Å². The van der Waals surface area contributed by atoms with E-state index in [1.807, 2.05) is 0 Å². The highest BCUT2D eigenvalue weighted by Gasteiger charge is 2.32. The van der Waals surface area contributed by atoms with Crippen molar-refractivity contribution in [3.05, 3.63) is 37.5 Å². The number of nitro groups is 1. The molecule has 2 aromatic rings. The van der Waals surface area contributed by atoms with Crippen LogP contribution in [0, 0.1) is 24.0 Å². The second-order valence-corrected chi connectivity index (χ2v) is 7.72. The molecular weight excluding hydrogens is 466 g/mol. The van der Waals surface area contributed by atoms with E-state index < -0.39 is 47.1 Å². The molecule has 14 heteroatoms. The summed E-state index contributed by atoms with van der Waals surface area (Å²) in [7, 11) is 0. The fraction of sp³-hybridized carbons (Fsp3) is 0.474. The van der Waals surface area contributed by atoms with Crippen LogP contribution in [0.1, 0.15) is 63.7 Å². The summed E-state index contributed by atoms with van der Waals surface area (Å²) in [4.78, 5) is 47.6. The van der Waals surface area contributed by atoms with Gasteiger partial charge in [-0.1, -0.05) is 6.92 Å². The van der Waals surface area contributed by atoms with E-state index >= 15 is 0 Å². The van der Waals surface area contributed by atoms with E-state index in [0.717, 1.165) is 16.0 Å². The Bertz CT molecular complexity index is 1080. The Morgan fingerprint density at radius 2 is 1.88 bits per heavy atom. The molecule has 0 aromatic carbocycles. The topological polar surface area (TPSA) is 143 Å². The van der Waals surface area contributed by atoms with E-state index in [1.54, 1.807) is 13.8 Å². The highest BCUT2D eigenvalue weighted by molar-refractivity contribution is 7.18. The molecule has 1 amide bonds. The number of rotatable bonds is 10. The third kappa shape index (κ3) is 5.69. The third-order valence-corrected chi connectivity index (χ3v) is 5.57. The Hall–Kier alpha value is -3.42. The molecule has 1 N–H and O–H groups in total. The molecule has 2 heterocycles. The lowest BCUT2D eigenvalue weighted by molar-refractivity contribution is -0.386. The van der Waals surface area contributed by atoms with Crippen molar-refractivity contribution in [1.29, 1.82) is 0 Å². The lowest BCUT2D eigenvalue weighted by atomic mass is 10.1. The Morgan fingerprint density at radius 1 is 1.21 bits per heavy atom. The maximum Gasteiger partial charge on any atom is 0.348 e. The van der Waals surface area contributed by atoms with Gasteiger partial charge in [0.05, 0.1) is 23.7 Å². The van der Waals surface area contributed by atoms with Crippen LogP contribution < -0.4 is 5.32 Å². The van der Waals surface area contributed by atoms with E-state index in [2.05, 4.69) is 10.4 Å². The molecule has 0 bridgehead atoms. The van der Waals surface area contributed by atoms with Crippen molar-refractivity contribution in [2.24, 2.45) is 0 Å². The normalized spacial score (nSPS) is 10.9. The molecule has 11 nitrogen and oxygen atoms in total. The number of amides is 1. The number of thiophene rings is 1. The van der Waals surface area contributed by atoms with E-state index in [4.69, 9.17) is 9.47 Å². The van der Waals surface area contributed by atoms with Gasteiger partial charge in [-0.2, -0.15) is 5.10 Å². The second kappa shape index (κ2) is 10.9. The van der Waals surface area contributed by atoms with Crippen molar-refractivity contribution < 1.29 is 37.6 Å². The van der Waals surface area contributed by atoms with Crippen LogP contribution in [0.5, 0.6) is 0 Å². The van der Waals surface area contributed by atoms with Crippen molar-refractivity contribution in [2.75, 3.05) is 18.5 Å². The van der Waals surface area contributed by atoms with Crippen LogP contribution in [0.3, 0.4) is 0 Å². The lowest BCUT2D eigenvalue weighted by Crippen LogP contribution is -2.21. The van der Waals surface area contributed by atoms with Crippen LogP contribution in [0.25, 0.3) is 0 Å². The average Bonchev–Trinajstić information content (AvgIpc) is 3.23. The van der Waals surface area contributed by atoms with E-state index in [0.29, 0.717) is 6.42 Å². The molecule has 0 radical (unpaired) electrons. The first kappa shape index (κ1) is 25.8. The van der Waals surface area contributed by atoms with Crippen molar-refractivity contribution in [1.82, 2.24) is 9.78 Å². The molecule has 0 aliphatic heterocycles.